The molecule has 1 aromatic rings. The van der Waals surface area contributed by atoms with Gasteiger partial charge in [0, 0.05) is 32.7 Å². The Morgan fingerprint density at radius 2 is 2.05 bits per heavy atom. The molecular weight excluding hydrogens is 406 g/mol. The normalized spacial score (nSPS) is 18.3. The Morgan fingerprint density at radius 3 is 2.50 bits per heavy atom. The lowest BCUT2D eigenvalue weighted by Gasteiger charge is -2.33. The zero-order valence-corrected chi connectivity index (χ0v) is 15.2. The highest BCUT2D eigenvalue weighted by molar-refractivity contribution is 9.11. The van der Waals surface area contributed by atoms with Gasteiger partial charge in [0.1, 0.15) is 4.21 Å². The third kappa shape index (κ3) is 3.70. The van der Waals surface area contributed by atoms with E-state index in [2.05, 4.69) is 15.9 Å². The number of hydrogen-bond acceptors (Lipinski definition) is 5. The van der Waals surface area contributed by atoms with Crippen LogP contribution in [0.1, 0.15) is 0 Å². The molecule has 0 amide bonds. The molecule has 1 fully saturated rings. The number of nitrogens with two attached hydrogens (primary N) is 1. The molecule has 1 aliphatic heterocycles. The number of piperazine rings is 1. The highest BCUT2D eigenvalue weighted by atomic mass is 79.9. The summed E-state index contributed by atoms with van der Waals surface area (Å²) in [6.07, 6.45) is 0. The number of thiophene rings is 1. The maximum Gasteiger partial charge on any atom is 0.252 e. The van der Waals surface area contributed by atoms with E-state index in [1.807, 2.05) is 4.90 Å². The van der Waals surface area contributed by atoms with E-state index in [1.54, 1.807) is 0 Å². The van der Waals surface area contributed by atoms with Gasteiger partial charge >= 0.3 is 0 Å². The van der Waals surface area contributed by atoms with Crippen LogP contribution in [-0.4, -0.2) is 55.3 Å². The number of sulfonamides is 1. The fraction of sp³-hybridized carbons (Fsp3) is 0.500. The first-order valence-electron chi connectivity index (χ1n) is 5.76. The number of nitrogens with zero attached hydrogens (tertiary/aromatic N) is 2. The molecule has 0 bridgehead atoms. The predicted octanol–water partition coefficient (Wildman–Crippen LogP) is 1.76. The van der Waals surface area contributed by atoms with Gasteiger partial charge in [0.15, 0.2) is 0 Å². The molecular formula is C10H13BrClN3O2S3. The molecule has 0 spiro atoms. The molecule has 0 radical (unpaired) electrons. The molecule has 5 nitrogen and oxygen atoms in total. The van der Waals surface area contributed by atoms with Crippen LogP contribution in [0.25, 0.3) is 0 Å². The molecule has 1 aromatic heterocycles. The Morgan fingerprint density at radius 1 is 1.45 bits per heavy atom. The standard InChI is InChI=1S/C10H13BrClN3O2S3/c11-10-7(12)5-9(19-10)20(16,17)15-3-1-14(2-4-15)6-8(13)18/h5H,1-4,6H2,(H2,13,18). The molecule has 1 aliphatic rings. The topological polar surface area (TPSA) is 66.6 Å². The summed E-state index contributed by atoms with van der Waals surface area (Å²) in [5.74, 6) is 0. The van der Waals surface area contributed by atoms with Crippen molar-refractivity contribution >= 4 is 66.1 Å². The number of rotatable bonds is 4. The summed E-state index contributed by atoms with van der Waals surface area (Å²) in [5.41, 5.74) is 5.49. The van der Waals surface area contributed by atoms with Gasteiger partial charge in [-0.3, -0.25) is 4.90 Å². The van der Waals surface area contributed by atoms with Crippen LogP contribution in [0.15, 0.2) is 14.1 Å². The molecule has 112 valence electrons. The van der Waals surface area contributed by atoms with Crippen molar-refractivity contribution in [1.29, 1.82) is 0 Å². The minimum atomic E-state index is -3.47. The van der Waals surface area contributed by atoms with Crippen molar-refractivity contribution in [1.82, 2.24) is 9.21 Å². The first kappa shape index (κ1) is 16.6. The fourth-order valence-electron chi connectivity index (χ4n) is 1.93. The third-order valence-corrected chi connectivity index (χ3v) is 7.88. The molecule has 2 rings (SSSR count). The van der Waals surface area contributed by atoms with E-state index in [-0.39, 0.29) is 4.21 Å². The summed E-state index contributed by atoms with van der Waals surface area (Å²) in [5, 5.41) is 0.417. The average Bonchev–Trinajstić information content (AvgIpc) is 2.70. The van der Waals surface area contributed by atoms with E-state index in [9.17, 15) is 8.42 Å². The number of thiocarbonyl (C=S) groups is 1. The van der Waals surface area contributed by atoms with Gasteiger partial charge in [0.05, 0.1) is 13.8 Å². The molecule has 0 aliphatic carbocycles. The number of halogens is 2. The van der Waals surface area contributed by atoms with E-state index in [1.165, 1.54) is 10.4 Å². The lowest BCUT2D eigenvalue weighted by Crippen LogP contribution is -2.50. The van der Waals surface area contributed by atoms with Crippen molar-refractivity contribution < 1.29 is 8.42 Å². The van der Waals surface area contributed by atoms with E-state index in [4.69, 9.17) is 29.6 Å². The molecule has 1 saturated heterocycles. The highest BCUT2D eigenvalue weighted by Crippen LogP contribution is 2.36. The van der Waals surface area contributed by atoms with Crippen LogP contribution in [0, 0.1) is 0 Å². The Hall–Kier alpha value is 0.230. The Labute approximate surface area is 140 Å². The predicted molar refractivity (Wildman–Crippen MR) is 89.0 cm³/mol. The second kappa shape index (κ2) is 6.55. The van der Waals surface area contributed by atoms with Gasteiger partial charge < -0.3 is 5.73 Å². The van der Waals surface area contributed by atoms with E-state index in [0.29, 0.717) is 46.5 Å². The minimum Gasteiger partial charge on any atom is -0.392 e. The summed E-state index contributed by atoms with van der Waals surface area (Å²) >= 11 is 15.1. The summed E-state index contributed by atoms with van der Waals surface area (Å²) in [7, 11) is -3.47. The lowest BCUT2D eigenvalue weighted by atomic mass is 10.3. The van der Waals surface area contributed by atoms with Crippen LogP contribution in [0.4, 0.5) is 0 Å². The van der Waals surface area contributed by atoms with Crippen LogP contribution < -0.4 is 5.73 Å². The van der Waals surface area contributed by atoms with Crippen molar-refractivity contribution in [3.63, 3.8) is 0 Å². The smallest absolute Gasteiger partial charge is 0.252 e. The van der Waals surface area contributed by atoms with Gasteiger partial charge in [0.25, 0.3) is 10.0 Å². The van der Waals surface area contributed by atoms with Gasteiger partial charge in [-0.15, -0.1) is 11.3 Å². The zero-order chi connectivity index (χ0) is 14.9. The largest absolute Gasteiger partial charge is 0.392 e. The quantitative estimate of drug-likeness (QED) is 0.755. The van der Waals surface area contributed by atoms with Crippen LogP contribution >= 0.6 is 51.1 Å². The molecule has 10 heteroatoms. The molecule has 20 heavy (non-hydrogen) atoms. The Kier molecular flexibility index (Phi) is 5.44. The van der Waals surface area contributed by atoms with Gasteiger partial charge in [-0.2, -0.15) is 4.31 Å². The summed E-state index contributed by atoms with van der Waals surface area (Å²) in [4.78, 5) is 2.47. The monoisotopic (exact) mass is 417 g/mol. The van der Waals surface area contributed by atoms with Gasteiger partial charge in [-0.25, -0.2) is 8.42 Å². The lowest BCUT2D eigenvalue weighted by molar-refractivity contribution is 0.210. The summed E-state index contributed by atoms with van der Waals surface area (Å²) in [6, 6.07) is 1.48. The van der Waals surface area contributed by atoms with E-state index < -0.39 is 10.0 Å². The molecule has 2 N–H and O–H groups in total. The van der Waals surface area contributed by atoms with Gasteiger partial charge in [0.2, 0.25) is 0 Å². The van der Waals surface area contributed by atoms with Gasteiger partial charge in [-0.05, 0) is 22.0 Å². The van der Waals surface area contributed by atoms with Crippen LogP contribution in [0.3, 0.4) is 0 Å². The molecule has 0 unspecified atom stereocenters. The van der Waals surface area contributed by atoms with Crippen molar-refractivity contribution in [3.05, 3.63) is 14.9 Å². The summed E-state index contributed by atoms with van der Waals surface area (Å²) in [6.45, 7) is 2.63. The van der Waals surface area contributed by atoms with E-state index in [0.717, 1.165) is 11.3 Å². The van der Waals surface area contributed by atoms with Crippen molar-refractivity contribution in [3.8, 4) is 0 Å². The van der Waals surface area contributed by atoms with Crippen LogP contribution in [-0.2, 0) is 10.0 Å². The minimum absolute atomic E-state index is 0.261. The average molecular weight is 419 g/mol. The molecule has 2 heterocycles. The second-order valence-electron chi connectivity index (χ2n) is 4.33. The first-order chi connectivity index (χ1) is 9.30. The summed E-state index contributed by atoms with van der Waals surface area (Å²) < 4.78 is 27.3. The second-order valence-corrected chi connectivity index (χ2v) is 9.80. The van der Waals surface area contributed by atoms with Crippen molar-refractivity contribution in [2.24, 2.45) is 5.73 Å². The maximum absolute atomic E-state index is 12.5. The molecule has 0 saturated carbocycles. The maximum atomic E-state index is 12.5. The highest BCUT2D eigenvalue weighted by Gasteiger charge is 2.30. The molecule has 0 atom stereocenters. The Balaban J connectivity index is 2.07. The van der Waals surface area contributed by atoms with Crippen LogP contribution in [0.2, 0.25) is 5.02 Å². The third-order valence-electron chi connectivity index (χ3n) is 2.93. The van der Waals surface area contributed by atoms with Crippen molar-refractivity contribution in [2.75, 3.05) is 32.7 Å². The first-order valence-corrected chi connectivity index (χ1v) is 9.60. The fourth-order valence-corrected chi connectivity index (χ4v) is 6.09. The van der Waals surface area contributed by atoms with Crippen molar-refractivity contribution in [2.45, 2.75) is 4.21 Å². The molecule has 0 aromatic carbocycles. The zero-order valence-electron chi connectivity index (χ0n) is 10.4. The van der Waals surface area contributed by atoms with Gasteiger partial charge in [-0.1, -0.05) is 23.8 Å². The van der Waals surface area contributed by atoms with Crippen LogP contribution in [0.5, 0.6) is 0 Å². The Bertz CT molecular complexity index is 592. The van der Waals surface area contributed by atoms with E-state index >= 15 is 0 Å². The number of hydrogen-bond donors (Lipinski definition) is 1. The SMILES string of the molecule is NC(=S)CN1CCN(S(=O)(=O)c2cc(Cl)c(Br)s2)CC1.